The van der Waals surface area contributed by atoms with E-state index in [0.29, 0.717) is 0 Å². The van der Waals surface area contributed by atoms with Gasteiger partial charge in [0.15, 0.2) is 11.5 Å². The van der Waals surface area contributed by atoms with E-state index in [2.05, 4.69) is 14.8 Å². The molecule has 12 nitrogen and oxygen atoms in total. The number of carbonyl (C=O) groups is 4. The zero-order valence-electron chi connectivity index (χ0n) is 19.5. The normalized spacial score (nSPS) is 12.8. The standard InChI is InChI=1S/C21H29NO11/c1-12(2)22-21(16(23)24,33-19(27)32-20(3,4)5)11-13-8-9-14(30-17(25)28-6)15(10-13)31-18(26)29-7/h8-10,12,22H,11H2,1-7H3,(H,23,24)/t21-/m0/s1. The molecular weight excluding hydrogens is 442 g/mol. The fraction of sp³-hybridized carbons (Fsp3) is 0.524. The van der Waals surface area contributed by atoms with Crippen LogP contribution in [0.3, 0.4) is 0 Å². The third-order valence-corrected chi connectivity index (χ3v) is 3.70. The summed E-state index contributed by atoms with van der Waals surface area (Å²) in [6.07, 6.45) is -3.80. The summed E-state index contributed by atoms with van der Waals surface area (Å²) in [7, 11) is 2.16. The maximum Gasteiger partial charge on any atom is 0.513 e. The van der Waals surface area contributed by atoms with Gasteiger partial charge in [0.2, 0.25) is 0 Å². The van der Waals surface area contributed by atoms with Gasteiger partial charge in [-0.3, -0.25) is 5.32 Å². The number of carboxylic acid groups (broad SMARTS) is 1. The lowest BCUT2D eigenvalue weighted by Gasteiger charge is -2.33. The molecule has 0 saturated carbocycles. The molecule has 0 aliphatic heterocycles. The van der Waals surface area contributed by atoms with Crippen LogP contribution in [-0.4, -0.2) is 61.1 Å². The number of carboxylic acids is 1. The fourth-order valence-corrected chi connectivity index (χ4v) is 2.55. The van der Waals surface area contributed by atoms with Crippen molar-refractivity contribution in [1.29, 1.82) is 0 Å². The average molecular weight is 471 g/mol. The molecular formula is C21H29NO11. The molecule has 1 atom stereocenters. The van der Waals surface area contributed by atoms with Crippen LogP contribution in [0.5, 0.6) is 11.5 Å². The Kier molecular flexibility index (Phi) is 9.47. The van der Waals surface area contributed by atoms with E-state index in [1.807, 2.05) is 0 Å². The Balaban J connectivity index is 3.40. The summed E-state index contributed by atoms with van der Waals surface area (Å²) in [6.45, 7) is 8.12. The molecule has 0 saturated heterocycles. The van der Waals surface area contributed by atoms with Gasteiger partial charge in [-0.05, 0) is 52.3 Å². The van der Waals surface area contributed by atoms with E-state index in [9.17, 15) is 24.3 Å². The first-order valence-electron chi connectivity index (χ1n) is 9.79. The Morgan fingerprint density at radius 2 is 1.45 bits per heavy atom. The van der Waals surface area contributed by atoms with Crippen molar-refractivity contribution in [1.82, 2.24) is 5.32 Å². The quantitative estimate of drug-likeness (QED) is 0.247. The molecule has 12 heteroatoms. The Hall–Kier alpha value is -3.54. The summed E-state index contributed by atoms with van der Waals surface area (Å²) >= 11 is 0. The van der Waals surface area contributed by atoms with Crippen molar-refractivity contribution in [3.8, 4) is 11.5 Å². The molecule has 1 aromatic rings. The van der Waals surface area contributed by atoms with E-state index in [-0.39, 0.29) is 17.1 Å². The topological polar surface area (TPSA) is 156 Å². The van der Waals surface area contributed by atoms with Gasteiger partial charge in [0.1, 0.15) is 5.60 Å². The van der Waals surface area contributed by atoms with Crippen molar-refractivity contribution in [3.05, 3.63) is 23.8 Å². The molecule has 0 unspecified atom stereocenters. The number of carbonyl (C=O) groups excluding carboxylic acids is 3. The van der Waals surface area contributed by atoms with Gasteiger partial charge in [-0.1, -0.05) is 6.07 Å². The summed E-state index contributed by atoms with van der Waals surface area (Å²) in [6, 6.07) is 3.45. The van der Waals surface area contributed by atoms with Crippen molar-refractivity contribution in [2.24, 2.45) is 0 Å². The number of hydrogen-bond acceptors (Lipinski definition) is 11. The summed E-state index contributed by atoms with van der Waals surface area (Å²) < 4.78 is 29.1. The van der Waals surface area contributed by atoms with Crippen LogP contribution in [0.25, 0.3) is 0 Å². The van der Waals surface area contributed by atoms with E-state index >= 15 is 0 Å². The molecule has 0 fully saturated rings. The second-order valence-electron chi connectivity index (χ2n) is 8.07. The van der Waals surface area contributed by atoms with Crippen LogP contribution < -0.4 is 14.8 Å². The number of hydrogen-bond donors (Lipinski definition) is 2. The van der Waals surface area contributed by atoms with Crippen LogP contribution in [-0.2, 0) is 30.2 Å². The lowest BCUT2D eigenvalue weighted by atomic mass is 10.0. The highest BCUT2D eigenvalue weighted by Gasteiger charge is 2.45. The Labute approximate surface area is 191 Å². The number of benzene rings is 1. The van der Waals surface area contributed by atoms with Gasteiger partial charge in [0, 0.05) is 12.5 Å². The highest BCUT2D eigenvalue weighted by atomic mass is 16.8. The van der Waals surface area contributed by atoms with Crippen LogP contribution >= 0.6 is 0 Å². The first kappa shape index (κ1) is 27.5. The van der Waals surface area contributed by atoms with Gasteiger partial charge >= 0.3 is 24.4 Å². The predicted molar refractivity (Wildman–Crippen MR) is 112 cm³/mol. The monoisotopic (exact) mass is 471 g/mol. The maximum atomic E-state index is 12.3. The second kappa shape index (κ2) is 11.4. The van der Waals surface area contributed by atoms with E-state index in [1.165, 1.54) is 18.2 Å². The summed E-state index contributed by atoms with van der Waals surface area (Å²) in [5.41, 5.74) is -2.91. The number of methoxy groups -OCH3 is 2. The highest BCUT2D eigenvalue weighted by molar-refractivity contribution is 5.80. The van der Waals surface area contributed by atoms with Crippen LogP contribution in [0.15, 0.2) is 18.2 Å². The SMILES string of the molecule is COC(=O)Oc1ccc(C[C@](NC(C)C)(OC(=O)OC(C)(C)C)C(=O)O)cc1OC(=O)OC. The van der Waals surface area contributed by atoms with Gasteiger partial charge in [-0.2, -0.15) is 0 Å². The van der Waals surface area contributed by atoms with Crippen LogP contribution in [0.2, 0.25) is 0 Å². The molecule has 0 aliphatic carbocycles. The smallest absolute Gasteiger partial charge is 0.477 e. The molecule has 0 amide bonds. The molecule has 0 radical (unpaired) electrons. The van der Waals surface area contributed by atoms with E-state index in [1.54, 1.807) is 34.6 Å². The third-order valence-electron chi connectivity index (χ3n) is 3.70. The highest BCUT2D eigenvalue weighted by Crippen LogP contribution is 2.31. The minimum atomic E-state index is -2.23. The van der Waals surface area contributed by atoms with Gasteiger partial charge in [0.05, 0.1) is 14.2 Å². The molecule has 0 bridgehead atoms. The van der Waals surface area contributed by atoms with Crippen LogP contribution in [0.1, 0.15) is 40.2 Å². The number of aliphatic carboxylic acids is 1. The van der Waals surface area contributed by atoms with Gasteiger partial charge in [0.25, 0.3) is 5.72 Å². The van der Waals surface area contributed by atoms with Gasteiger partial charge in [-0.25, -0.2) is 19.2 Å². The fourth-order valence-electron chi connectivity index (χ4n) is 2.55. The first-order valence-corrected chi connectivity index (χ1v) is 9.79. The van der Waals surface area contributed by atoms with Crippen molar-refractivity contribution in [3.63, 3.8) is 0 Å². The molecule has 0 heterocycles. The first-order chi connectivity index (χ1) is 15.2. The summed E-state index contributed by atoms with van der Waals surface area (Å²) in [5, 5.41) is 12.7. The molecule has 184 valence electrons. The lowest BCUT2D eigenvalue weighted by molar-refractivity contribution is -0.169. The molecule has 1 aromatic carbocycles. The molecule has 2 N–H and O–H groups in total. The lowest BCUT2D eigenvalue weighted by Crippen LogP contribution is -2.59. The number of nitrogens with one attached hydrogen (secondary N) is 1. The van der Waals surface area contributed by atoms with Crippen molar-refractivity contribution < 1.29 is 52.7 Å². The molecule has 1 rings (SSSR count). The average Bonchev–Trinajstić information content (AvgIpc) is 2.67. The zero-order valence-corrected chi connectivity index (χ0v) is 19.5. The summed E-state index contributed by atoms with van der Waals surface area (Å²) in [4.78, 5) is 47.6. The molecule has 0 aromatic heterocycles. The third kappa shape index (κ3) is 8.85. The van der Waals surface area contributed by atoms with E-state index in [0.717, 1.165) is 14.2 Å². The number of ether oxygens (including phenoxy) is 6. The maximum absolute atomic E-state index is 12.3. The van der Waals surface area contributed by atoms with Crippen LogP contribution in [0, 0.1) is 0 Å². The van der Waals surface area contributed by atoms with Crippen molar-refractivity contribution in [2.45, 2.75) is 58.4 Å². The Bertz CT molecular complexity index is 875. The summed E-state index contributed by atoms with van der Waals surface area (Å²) in [5.74, 6) is -1.94. The van der Waals surface area contributed by atoms with Gasteiger partial charge < -0.3 is 33.5 Å². The molecule has 0 spiro atoms. The largest absolute Gasteiger partial charge is 0.513 e. The van der Waals surface area contributed by atoms with E-state index in [4.69, 9.17) is 18.9 Å². The van der Waals surface area contributed by atoms with Crippen LogP contribution in [0.4, 0.5) is 14.4 Å². The second-order valence-corrected chi connectivity index (χ2v) is 8.07. The zero-order chi connectivity index (χ0) is 25.4. The van der Waals surface area contributed by atoms with E-state index < -0.39 is 48.2 Å². The Morgan fingerprint density at radius 1 is 0.909 bits per heavy atom. The predicted octanol–water partition coefficient (Wildman–Crippen LogP) is 3.25. The molecule has 33 heavy (non-hydrogen) atoms. The minimum Gasteiger partial charge on any atom is -0.477 e. The van der Waals surface area contributed by atoms with Gasteiger partial charge in [-0.15, -0.1) is 0 Å². The van der Waals surface area contributed by atoms with Crippen molar-refractivity contribution in [2.75, 3.05) is 14.2 Å². The Morgan fingerprint density at radius 3 is 1.91 bits per heavy atom. The minimum absolute atomic E-state index is 0.193. The number of rotatable bonds is 8. The van der Waals surface area contributed by atoms with Crippen molar-refractivity contribution >= 4 is 24.4 Å². The molecule has 0 aliphatic rings.